The maximum atomic E-state index is 13.6. The summed E-state index contributed by atoms with van der Waals surface area (Å²) in [4.78, 5) is 9.97. The highest BCUT2D eigenvalue weighted by molar-refractivity contribution is 9.08. The summed E-state index contributed by atoms with van der Waals surface area (Å²) in [6.45, 7) is 0. The molecule has 0 amide bonds. The van der Waals surface area contributed by atoms with E-state index in [1.54, 1.807) is 0 Å². The first kappa shape index (κ1) is 12.6. The lowest BCUT2D eigenvalue weighted by atomic mass is 10.2. The Labute approximate surface area is 108 Å². The van der Waals surface area contributed by atoms with E-state index >= 15 is 0 Å². The molecule has 0 aliphatic rings. The molecular weight excluding hydrogens is 314 g/mol. The van der Waals surface area contributed by atoms with Crippen LogP contribution in [-0.4, -0.2) is 19.9 Å². The van der Waals surface area contributed by atoms with Gasteiger partial charge in [-0.15, -0.1) is 5.10 Å². The van der Waals surface area contributed by atoms with Crippen molar-refractivity contribution in [2.45, 2.75) is 5.33 Å². The number of hydrogen-bond acceptors (Lipinski definition) is 4. The second-order valence-electron chi connectivity index (χ2n) is 3.27. The van der Waals surface area contributed by atoms with Gasteiger partial charge in [-0.1, -0.05) is 21.1 Å². The molecule has 0 spiro atoms. The quantitative estimate of drug-likeness (QED) is 0.494. The summed E-state index contributed by atoms with van der Waals surface area (Å²) < 4.78 is 27.6. The molecule has 0 saturated carbocycles. The third-order valence-electron chi connectivity index (χ3n) is 2.15. The largest absolute Gasteiger partial charge is 0.298 e. The molecular formula is C9H5BrF2N4O2. The topological polar surface area (TPSA) is 73.8 Å². The minimum Gasteiger partial charge on any atom is -0.258 e. The molecule has 0 saturated heterocycles. The summed E-state index contributed by atoms with van der Waals surface area (Å²) >= 11 is 3.11. The number of hydrogen-bond donors (Lipinski definition) is 0. The van der Waals surface area contributed by atoms with E-state index in [-0.39, 0.29) is 0 Å². The summed E-state index contributed by atoms with van der Waals surface area (Å²) in [5.41, 5.74) is -0.715. The molecule has 94 valence electrons. The number of benzene rings is 1. The van der Waals surface area contributed by atoms with Crippen molar-refractivity contribution in [2.24, 2.45) is 0 Å². The lowest BCUT2D eigenvalue weighted by molar-refractivity contribution is -0.384. The molecule has 0 unspecified atom stereocenters. The Morgan fingerprint density at radius 3 is 2.72 bits per heavy atom. The Hall–Kier alpha value is -1.90. The zero-order valence-electron chi connectivity index (χ0n) is 8.68. The molecule has 2 aromatic rings. The van der Waals surface area contributed by atoms with Crippen LogP contribution in [0.2, 0.25) is 0 Å². The highest BCUT2D eigenvalue weighted by Crippen LogP contribution is 2.27. The van der Waals surface area contributed by atoms with Crippen molar-refractivity contribution in [2.75, 3.05) is 0 Å². The third-order valence-corrected chi connectivity index (χ3v) is 2.73. The van der Waals surface area contributed by atoms with Gasteiger partial charge < -0.3 is 0 Å². The van der Waals surface area contributed by atoms with Crippen molar-refractivity contribution in [1.29, 1.82) is 0 Å². The average molecular weight is 319 g/mol. The Morgan fingerprint density at radius 2 is 2.17 bits per heavy atom. The zero-order chi connectivity index (χ0) is 13.3. The lowest BCUT2D eigenvalue weighted by Crippen LogP contribution is -2.05. The second kappa shape index (κ2) is 4.77. The molecule has 2 rings (SSSR count). The number of halogens is 3. The third kappa shape index (κ3) is 2.08. The van der Waals surface area contributed by atoms with Crippen molar-refractivity contribution >= 4 is 21.6 Å². The van der Waals surface area contributed by atoms with Crippen LogP contribution in [0.5, 0.6) is 0 Å². The number of alkyl halides is 1. The monoisotopic (exact) mass is 318 g/mol. The fraction of sp³-hybridized carbons (Fsp3) is 0.111. The molecule has 1 aromatic heterocycles. The molecule has 0 radical (unpaired) electrons. The first-order valence-electron chi connectivity index (χ1n) is 4.64. The van der Waals surface area contributed by atoms with E-state index in [0.29, 0.717) is 17.1 Å². The van der Waals surface area contributed by atoms with E-state index in [0.717, 1.165) is 10.7 Å². The molecule has 0 atom stereocenters. The molecule has 18 heavy (non-hydrogen) atoms. The van der Waals surface area contributed by atoms with Crippen LogP contribution < -0.4 is 0 Å². The smallest absolute Gasteiger partial charge is 0.258 e. The van der Waals surface area contributed by atoms with Crippen LogP contribution in [0.4, 0.5) is 14.5 Å². The maximum Gasteiger partial charge on any atom is 0.298 e. The number of rotatable bonds is 3. The molecule has 6 nitrogen and oxygen atoms in total. The lowest BCUT2D eigenvalue weighted by Gasteiger charge is -2.03. The molecule has 0 aliphatic carbocycles. The first-order valence-corrected chi connectivity index (χ1v) is 5.76. The van der Waals surface area contributed by atoms with Crippen molar-refractivity contribution in [3.8, 4) is 5.69 Å². The molecule has 1 aromatic carbocycles. The van der Waals surface area contributed by atoms with Gasteiger partial charge in [-0.25, -0.2) is 13.5 Å². The fourth-order valence-corrected chi connectivity index (χ4v) is 1.62. The Kier molecular flexibility index (Phi) is 3.32. The molecule has 0 N–H and O–H groups in total. The maximum absolute atomic E-state index is 13.6. The summed E-state index contributed by atoms with van der Waals surface area (Å²) in [6, 6.07) is 1.57. The standard InChI is InChI=1S/C9H5BrF2N4O2/c10-3-5-4-15(14-13-5)9-7(16(17)18)2-1-6(11)8(9)12/h1-2,4H,3H2. The van der Waals surface area contributed by atoms with Crippen LogP contribution in [0.3, 0.4) is 0 Å². The Morgan fingerprint density at radius 1 is 1.44 bits per heavy atom. The Bertz CT molecular complexity index is 617. The molecule has 0 aliphatic heterocycles. The molecule has 9 heteroatoms. The number of nitrogens with zero attached hydrogens (tertiary/aromatic N) is 4. The van der Waals surface area contributed by atoms with Gasteiger partial charge in [-0.05, 0) is 6.07 Å². The number of nitro groups is 1. The summed E-state index contributed by atoms with van der Waals surface area (Å²) in [5.74, 6) is -2.53. The van der Waals surface area contributed by atoms with Gasteiger partial charge in [0.1, 0.15) is 0 Å². The fourth-order valence-electron chi connectivity index (χ4n) is 1.36. The molecule has 1 heterocycles. The Balaban J connectivity index is 2.67. The summed E-state index contributed by atoms with van der Waals surface area (Å²) in [6.07, 6.45) is 1.28. The first-order chi connectivity index (χ1) is 8.54. The van der Waals surface area contributed by atoms with E-state index in [2.05, 4.69) is 26.2 Å². The van der Waals surface area contributed by atoms with Gasteiger partial charge in [-0.2, -0.15) is 0 Å². The van der Waals surface area contributed by atoms with Gasteiger partial charge in [0.05, 0.1) is 16.8 Å². The minimum absolute atomic E-state index is 0.345. The molecule has 0 fully saturated rings. The van der Waals surface area contributed by atoms with E-state index in [1.165, 1.54) is 6.20 Å². The van der Waals surface area contributed by atoms with E-state index < -0.39 is 27.9 Å². The summed E-state index contributed by atoms with van der Waals surface area (Å²) in [7, 11) is 0. The van der Waals surface area contributed by atoms with Crippen LogP contribution in [0.25, 0.3) is 5.69 Å². The number of aromatic nitrogens is 3. The highest BCUT2D eigenvalue weighted by Gasteiger charge is 2.24. The van der Waals surface area contributed by atoms with Gasteiger partial charge in [0, 0.05) is 11.4 Å². The van der Waals surface area contributed by atoms with E-state index in [4.69, 9.17) is 0 Å². The van der Waals surface area contributed by atoms with Crippen molar-refractivity contribution in [3.63, 3.8) is 0 Å². The van der Waals surface area contributed by atoms with Crippen LogP contribution in [-0.2, 0) is 5.33 Å². The SMILES string of the molecule is O=[N+]([O-])c1ccc(F)c(F)c1-n1cc(CBr)nn1. The van der Waals surface area contributed by atoms with Crippen LogP contribution in [0.15, 0.2) is 18.3 Å². The highest BCUT2D eigenvalue weighted by atomic mass is 79.9. The van der Waals surface area contributed by atoms with Gasteiger partial charge >= 0.3 is 0 Å². The predicted molar refractivity (Wildman–Crippen MR) is 60.6 cm³/mol. The predicted octanol–water partition coefficient (Wildman–Crippen LogP) is 2.35. The normalized spacial score (nSPS) is 10.6. The van der Waals surface area contributed by atoms with Crippen molar-refractivity contribution in [1.82, 2.24) is 15.0 Å². The van der Waals surface area contributed by atoms with Gasteiger partial charge in [0.2, 0.25) is 0 Å². The van der Waals surface area contributed by atoms with Crippen LogP contribution in [0.1, 0.15) is 5.69 Å². The minimum atomic E-state index is -1.34. The zero-order valence-corrected chi connectivity index (χ0v) is 10.3. The van der Waals surface area contributed by atoms with Crippen LogP contribution in [0, 0.1) is 21.7 Å². The summed E-state index contributed by atoms with van der Waals surface area (Å²) in [5, 5.41) is 18.3. The van der Waals surface area contributed by atoms with Crippen LogP contribution >= 0.6 is 15.9 Å². The van der Waals surface area contributed by atoms with Gasteiger partial charge in [0.25, 0.3) is 5.69 Å². The van der Waals surface area contributed by atoms with Gasteiger partial charge in [-0.3, -0.25) is 10.1 Å². The van der Waals surface area contributed by atoms with Gasteiger partial charge in [0.15, 0.2) is 17.3 Å². The van der Waals surface area contributed by atoms with E-state index in [9.17, 15) is 18.9 Å². The molecule has 0 bridgehead atoms. The second-order valence-corrected chi connectivity index (χ2v) is 3.84. The van der Waals surface area contributed by atoms with E-state index in [1.807, 2.05) is 0 Å². The van der Waals surface area contributed by atoms with Crippen molar-refractivity contribution in [3.05, 3.63) is 45.8 Å². The number of nitro benzene ring substituents is 1. The van der Waals surface area contributed by atoms with Crippen molar-refractivity contribution < 1.29 is 13.7 Å². The average Bonchev–Trinajstić information content (AvgIpc) is 2.80.